The molecule has 0 saturated carbocycles. The zero-order chi connectivity index (χ0) is 12.5. The summed E-state index contributed by atoms with van der Waals surface area (Å²) in [5, 5.41) is 9.96. The third kappa shape index (κ3) is 2.58. The smallest absolute Gasteiger partial charge is 0.156 e. The molecule has 2 heterocycles. The maximum Gasteiger partial charge on any atom is 0.156 e. The van der Waals surface area contributed by atoms with Crippen molar-refractivity contribution in [2.24, 2.45) is 0 Å². The van der Waals surface area contributed by atoms with Crippen molar-refractivity contribution in [1.29, 1.82) is 0 Å². The van der Waals surface area contributed by atoms with Crippen molar-refractivity contribution < 1.29 is 13.5 Å². The van der Waals surface area contributed by atoms with E-state index in [-0.39, 0.29) is 10.5 Å². The molecular formula is C13H22O3S. The van der Waals surface area contributed by atoms with Crippen LogP contribution in [0.4, 0.5) is 0 Å². The van der Waals surface area contributed by atoms with Gasteiger partial charge in [0.05, 0.1) is 16.1 Å². The third-order valence-corrected chi connectivity index (χ3v) is 6.91. The maximum absolute atomic E-state index is 12.1. The van der Waals surface area contributed by atoms with E-state index in [9.17, 15) is 13.5 Å². The molecule has 2 aliphatic heterocycles. The van der Waals surface area contributed by atoms with Gasteiger partial charge in [-0.05, 0) is 44.9 Å². The molecule has 17 heavy (non-hydrogen) atoms. The van der Waals surface area contributed by atoms with Crippen LogP contribution in [0.3, 0.4) is 0 Å². The van der Waals surface area contributed by atoms with E-state index in [2.05, 4.69) is 6.58 Å². The average Bonchev–Trinajstić information content (AvgIpc) is 2.21. The molecule has 2 unspecified atom stereocenters. The van der Waals surface area contributed by atoms with Crippen LogP contribution in [0.15, 0.2) is 12.7 Å². The summed E-state index contributed by atoms with van der Waals surface area (Å²) in [6.07, 6.45) is 7.73. The van der Waals surface area contributed by atoms with Crippen molar-refractivity contribution in [3.05, 3.63) is 12.7 Å². The molecule has 2 saturated heterocycles. The van der Waals surface area contributed by atoms with Crippen LogP contribution in [0.5, 0.6) is 0 Å². The van der Waals surface area contributed by atoms with E-state index in [1.807, 2.05) is 6.08 Å². The van der Waals surface area contributed by atoms with Gasteiger partial charge in [-0.25, -0.2) is 8.42 Å². The molecule has 98 valence electrons. The number of hydrogen-bond acceptors (Lipinski definition) is 3. The van der Waals surface area contributed by atoms with E-state index in [0.29, 0.717) is 19.3 Å². The van der Waals surface area contributed by atoms with Crippen molar-refractivity contribution in [2.75, 3.05) is 0 Å². The standard InChI is InChI=1S/C13H22O3S/c1-2-3-4-8-13(14)9-11-6-5-7-12(10-13)17(11,15)16/h2,11-12,14H,1,3-10H2. The van der Waals surface area contributed by atoms with E-state index < -0.39 is 15.4 Å². The molecule has 3 nitrogen and oxygen atoms in total. The van der Waals surface area contributed by atoms with Gasteiger partial charge in [0.1, 0.15) is 0 Å². The maximum atomic E-state index is 12.1. The molecular weight excluding hydrogens is 236 g/mol. The van der Waals surface area contributed by atoms with E-state index >= 15 is 0 Å². The molecule has 1 N–H and O–H groups in total. The lowest BCUT2D eigenvalue weighted by atomic mass is 9.82. The van der Waals surface area contributed by atoms with Crippen molar-refractivity contribution in [3.63, 3.8) is 0 Å². The number of hydrogen-bond donors (Lipinski definition) is 1. The monoisotopic (exact) mass is 258 g/mol. The Morgan fingerprint density at radius 1 is 1.29 bits per heavy atom. The fraction of sp³-hybridized carbons (Fsp3) is 0.846. The highest BCUT2D eigenvalue weighted by molar-refractivity contribution is 7.92. The van der Waals surface area contributed by atoms with E-state index in [1.54, 1.807) is 0 Å². The van der Waals surface area contributed by atoms with E-state index in [1.165, 1.54) is 0 Å². The molecule has 2 aliphatic rings. The van der Waals surface area contributed by atoms with Crippen LogP contribution < -0.4 is 0 Å². The molecule has 4 heteroatoms. The van der Waals surface area contributed by atoms with Gasteiger partial charge in [0.15, 0.2) is 9.84 Å². The molecule has 2 bridgehead atoms. The Labute approximate surface area is 104 Å². The SMILES string of the molecule is C=CCCCC1(O)CC2CCCC(C1)S2(=O)=O. The molecule has 0 aromatic heterocycles. The first-order valence-electron chi connectivity index (χ1n) is 6.54. The fourth-order valence-corrected chi connectivity index (χ4v) is 5.94. The van der Waals surface area contributed by atoms with Crippen molar-refractivity contribution >= 4 is 9.84 Å². The molecule has 0 aromatic rings. The lowest BCUT2D eigenvalue weighted by molar-refractivity contribution is 0.000219. The highest BCUT2D eigenvalue weighted by Crippen LogP contribution is 2.43. The zero-order valence-corrected chi connectivity index (χ0v) is 11.1. The predicted octanol–water partition coefficient (Wildman–Crippen LogP) is 2.20. The van der Waals surface area contributed by atoms with Gasteiger partial charge in [-0.1, -0.05) is 12.5 Å². The lowest BCUT2D eigenvalue weighted by Crippen LogP contribution is -2.51. The predicted molar refractivity (Wildman–Crippen MR) is 68.6 cm³/mol. The van der Waals surface area contributed by atoms with Crippen LogP contribution >= 0.6 is 0 Å². The van der Waals surface area contributed by atoms with Crippen LogP contribution in [0, 0.1) is 0 Å². The summed E-state index contributed by atoms with van der Waals surface area (Å²) in [6, 6.07) is 0. The van der Waals surface area contributed by atoms with Crippen molar-refractivity contribution in [3.8, 4) is 0 Å². The van der Waals surface area contributed by atoms with Gasteiger partial charge in [0, 0.05) is 0 Å². The Morgan fingerprint density at radius 3 is 2.41 bits per heavy atom. The Bertz CT molecular complexity index is 365. The second-order valence-electron chi connectivity index (χ2n) is 5.58. The van der Waals surface area contributed by atoms with Gasteiger partial charge in [-0.3, -0.25) is 0 Å². The minimum Gasteiger partial charge on any atom is -0.390 e. The normalized spacial score (nSPS) is 39.8. The summed E-state index contributed by atoms with van der Waals surface area (Å²) >= 11 is 0. The first kappa shape index (κ1) is 13.1. The Balaban J connectivity index is 2.07. The fourth-order valence-electron chi connectivity index (χ4n) is 3.32. The summed E-state index contributed by atoms with van der Waals surface area (Å²) < 4.78 is 24.2. The summed E-state index contributed by atoms with van der Waals surface area (Å²) in [5.41, 5.74) is -0.746. The second-order valence-corrected chi connectivity index (χ2v) is 8.09. The lowest BCUT2D eigenvalue weighted by Gasteiger charge is -2.43. The minimum absolute atomic E-state index is 0.288. The second kappa shape index (κ2) is 4.73. The number of allylic oxidation sites excluding steroid dienone is 1. The van der Waals surface area contributed by atoms with E-state index in [4.69, 9.17) is 0 Å². The molecule has 0 amide bonds. The average molecular weight is 258 g/mol. The first-order valence-corrected chi connectivity index (χ1v) is 8.15. The molecule has 2 rings (SSSR count). The van der Waals surface area contributed by atoms with Gasteiger partial charge in [-0.15, -0.1) is 6.58 Å². The summed E-state index contributed by atoms with van der Waals surface area (Å²) in [5.74, 6) is 0. The van der Waals surface area contributed by atoms with Crippen LogP contribution in [0.1, 0.15) is 51.4 Å². The molecule has 0 aromatic carbocycles. The number of aliphatic hydroxyl groups is 1. The Morgan fingerprint density at radius 2 is 1.88 bits per heavy atom. The van der Waals surface area contributed by atoms with Crippen LogP contribution in [-0.2, 0) is 9.84 Å². The number of rotatable bonds is 4. The largest absolute Gasteiger partial charge is 0.390 e. The van der Waals surface area contributed by atoms with Gasteiger partial charge < -0.3 is 5.11 Å². The van der Waals surface area contributed by atoms with Crippen LogP contribution in [0.25, 0.3) is 0 Å². The quantitative estimate of drug-likeness (QED) is 0.621. The highest BCUT2D eigenvalue weighted by atomic mass is 32.2. The zero-order valence-electron chi connectivity index (χ0n) is 10.3. The van der Waals surface area contributed by atoms with Gasteiger partial charge in [0.25, 0.3) is 0 Å². The Hall–Kier alpha value is -0.350. The minimum atomic E-state index is -2.95. The molecule has 0 spiro atoms. The molecule has 0 radical (unpaired) electrons. The summed E-state index contributed by atoms with van der Waals surface area (Å²) in [7, 11) is -2.95. The third-order valence-electron chi connectivity index (χ3n) is 4.25. The molecule has 2 atom stereocenters. The van der Waals surface area contributed by atoms with Crippen molar-refractivity contribution in [1.82, 2.24) is 0 Å². The number of unbranched alkanes of at least 4 members (excludes halogenated alkanes) is 1. The first-order chi connectivity index (χ1) is 7.98. The highest BCUT2D eigenvalue weighted by Gasteiger charge is 2.49. The van der Waals surface area contributed by atoms with Gasteiger partial charge >= 0.3 is 0 Å². The van der Waals surface area contributed by atoms with Gasteiger partial charge in [-0.2, -0.15) is 0 Å². The van der Waals surface area contributed by atoms with Crippen LogP contribution in [-0.4, -0.2) is 29.6 Å². The topological polar surface area (TPSA) is 54.4 Å². The van der Waals surface area contributed by atoms with Gasteiger partial charge in [0.2, 0.25) is 0 Å². The summed E-state index contributed by atoms with van der Waals surface area (Å²) in [4.78, 5) is 0. The van der Waals surface area contributed by atoms with Crippen LogP contribution in [0.2, 0.25) is 0 Å². The number of sulfone groups is 1. The Kier molecular flexibility index (Phi) is 3.64. The molecule has 2 fully saturated rings. The van der Waals surface area contributed by atoms with Crippen molar-refractivity contribution in [2.45, 2.75) is 67.5 Å². The summed E-state index contributed by atoms with van der Waals surface area (Å²) in [6.45, 7) is 3.67. The number of fused-ring (bicyclic) bond motifs is 2. The van der Waals surface area contributed by atoms with E-state index in [0.717, 1.165) is 32.1 Å². The molecule has 0 aliphatic carbocycles.